The molecule has 4 heteroatoms. The van der Waals surface area contributed by atoms with Gasteiger partial charge in [-0.15, -0.1) is 0 Å². The van der Waals surface area contributed by atoms with Gasteiger partial charge >= 0.3 is 0 Å². The van der Waals surface area contributed by atoms with Crippen LogP contribution in [0.25, 0.3) is 0 Å². The van der Waals surface area contributed by atoms with Gasteiger partial charge in [0.1, 0.15) is 5.75 Å². The average molecular weight is 374 g/mol. The smallest absolute Gasteiger partial charge is 0.224 e. The summed E-state index contributed by atoms with van der Waals surface area (Å²) in [4.78, 5) is 12.2. The number of carbonyl (C=O) groups is 1. The molecular formula is C19H20BrNO2. The highest BCUT2D eigenvalue weighted by Crippen LogP contribution is 2.47. The zero-order valence-electron chi connectivity index (χ0n) is 13.1. The SMILES string of the molecule is COc1ccc(C2(CNC(=O)Cc3ccc(Br)cc3)CC2)cc1. The lowest BCUT2D eigenvalue weighted by Gasteiger charge is -2.17. The van der Waals surface area contributed by atoms with Crippen LogP contribution in [0.2, 0.25) is 0 Å². The number of ether oxygens (including phenoxy) is 1. The van der Waals surface area contributed by atoms with Crippen LogP contribution in [0, 0.1) is 0 Å². The fourth-order valence-electron chi connectivity index (χ4n) is 2.78. The number of hydrogen-bond acceptors (Lipinski definition) is 2. The summed E-state index contributed by atoms with van der Waals surface area (Å²) in [6, 6.07) is 16.0. The second-order valence-electron chi connectivity index (χ2n) is 6.09. The molecule has 0 spiro atoms. The highest BCUT2D eigenvalue weighted by molar-refractivity contribution is 9.10. The zero-order chi connectivity index (χ0) is 16.3. The first kappa shape index (κ1) is 16.1. The molecule has 0 bridgehead atoms. The van der Waals surface area contributed by atoms with E-state index in [4.69, 9.17) is 4.74 Å². The van der Waals surface area contributed by atoms with Gasteiger partial charge in [0, 0.05) is 16.4 Å². The Bertz CT molecular complexity index is 676. The van der Waals surface area contributed by atoms with Crippen molar-refractivity contribution in [2.24, 2.45) is 0 Å². The van der Waals surface area contributed by atoms with Gasteiger partial charge in [0.15, 0.2) is 0 Å². The fourth-order valence-corrected chi connectivity index (χ4v) is 3.05. The van der Waals surface area contributed by atoms with Crippen LogP contribution in [0.1, 0.15) is 24.0 Å². The quantitative estimate of drug-likeness (QED) is 0.834. The highest BCUT2D eigenvalue weighted by atomic mass is 79.9. The molecule has 0 saturated heterocycles. The van der Waals surface area contributed by atoms with Crippen molar-refractivity contribution in [2.75, 3.05) is 13.7 Å². The van der Waals surface area contributed by atoms with E-state index in [0.29, 0.717) is 13.0 Å². The van der Waals surface area contributed by atoms with E-state index < -0.39 is 0 Å². The summed E-state index contributed by atoms with van der Waals surface area (Å²) in [5, 5.41) is 3.09. The van der Waals surface area contributed by atoms with Gasteiger partial charge in [0.25, 0.3) is 0 Å². The Morgan fingerprint density at radius 2 is 1.78 bits per heavy atom. The highest BCUT2D eigenvalue weighted by Gasteiger charge is 2.44. The number of methoxy groups -OCH3 is 1. The molecular weight excluding hydrogens is 354 g/mol. The van der Waals surface area contributed by atoms with Crippen molar-refractivity contribution in [3.05, 3.63) is 64.1 Å². The van der Waals surface area contributed by atoms with Crippen molar-refractivity contribution < 1.29 is 9.53 Å². The van der Waals surface area contributed by atoms with Crippen molar-refractivity contribution in [1.82, 2.24) is 5.32 Å². The van der Waals surface area contributed by atoms with E-state index in [2.05, 4.69) is 33.4 Å². The Hall–Kier alpha value is -1.81. The van der Waals surface area contributed by atoms with Crippen LogP contribution in [0.3, 0.4) is 0 Å². The van der Waals surface area contributed by atoms with Gasteiger partial charge in [-0.25, -0.2) is 0 Å². The first-order valence-corrected chi connectivity index (χ1v) is 8.56. The first-order chi connectivity index (χ1) is 11.1. The van der Waals surface area contributed by atoms with Gasteiger partial charge in [-0.2, -0.15) is 0 Å². The summed E-state index contributed by atoms with van der Waals surface area (Å²) in [6.07, 6.45) is 2.67. The van der Waals surface area contributed by atoms with Crippen molar-refractivity contribution >= 4 is 21.8 Å². The molecule has 0 aliphatic heterocycles. The molecule has 0 unspecified atom stereocenters. The lowest BCUT2D eigenvalue weighted by atomic mass is 9.95. The molecule has 3 nitrogen and oxygen atoms in total. The molecule has 23 heavy (non-hydrogen) atoms. The van der Waals surface area contributed by atoms with Crippen LogP contribution < -0.4 is 10.1 Å². The standard InChI is InChI=1S/C19H20BrNO2/c1-23-17-8-4-15(5-9-17)19(10-11-19)13-21-18(22)12-14-2-6-16(20)7-3-14/h2-9H,10-13H2,1H3,(H,21,22). The third kappa shape index (κ3) is 3.94. The molecule has 1 N–H and O–H groups in total. The van der Waals surface area contributed by atoms with Gasteiger partial charge in [-0.3, -0.25) is 4.79 Å². The van der Waals surface area contributed by atoms with E-state index in [0.717, 1.165) is 28.6 Å². The first-order valence-electron chi connectivity index (χ1n) is 7.77. The fraction of sp³-hybridized carbons (Fsp3) is 0.316. The minimum absolute atomic E-state index is 0.0760. The van der Waals surface area contributed by atoms with Crippen molar-refractivity contribution in [3.63, 3.8) is 0 Å². The summed E-state index contributed by atoms with van der Waals surface area (Å²) in [7, 11) is 1.67. The number of halogens is 1. The van der Waals surface area contributed by atoms with Crippen molar-refractivity contribution in [2.45, 2.75) is 24.7 Å². The van der Waals surface area contributed by atoms with Crippen LogP contribution in [-0.4, -0.2) is 19.6 Å². The Balaban J connectivity index is 1.56. The lowest BCUT2D eigenvalue weighted by molar-refractivity contribution is -0.120. The molecule has 2 aromatic rings. The van der Waals surface area contributed by atoms with Crippen molar-refractivity contribution in [3.8, 4) is 5.75 Å². The number of nitrogens with one attached hydrogen (secondary N) is 1. The van der Waals surface area contributed by atoms with Gasteiger partial charge in [-0.05, 0) is 48.2 Å². The van der Waals surface area contributed by atoms with E-state index in [-0.39, 0.29) is 11.3 Å². The molecule has 1 saturated carbocycles. The number of rotatable bonds is 6. The Morgan fingerprint density at radius 1 is 1.13 bits per heavy atom. The number of hydrogen-bond donors (Lipinski definition) is 1. The van der Waals surface area contributed by atoms with E-state index in [1.165, 1.54) is 5.56 Å². The predicted molar refractivity (Wildman–Crippen MR) is 94.8 cm³/mol. The van der Waals surface area contributed by atoms with E-state index in [1.807, 2.05) is 36.4 Å². The zero-order valence-corrected chi connectivity index (χ0v) is 14.7. The van der Waals surface area contributed by atoms with Crippen LogP contribution in [0.4, 0.5) is 0 Å². The lowest BCUT2D eigenvalue weighted by Crippen LogP contribution is -2.33. The molecule has 0 aromatic heterocycles. The van der Waals surface area contributed by atoms with Gasteiger partial charge in [-0.1, -0.05) is 40.2 Å². The molecule has 0 radical (unpaired) electrons. The number of carbonyl (C=O) groups excluding carboxylic acids is 1. The van der Waals surface area contributed by atoms with Gasteiger partial charge in [0.2, 0.25) is 5.91 Å². The summed E-state index contributed by atoms with van der Waals surface area (Å²) in [5.74, 6) is 0.941. The molecule has 3 rings (SSSR count). The topological polar surface area (TPSA) is 38.3 Å². The summed E-state index contributed by atoms with van der Waals surface area (Å²) >= 11 is 3.40. The summed E-state index contributed by atoms with van der Waals surface area (Å²) in [6.45, 7) is 0.703. The van der Waals surface area contributed by atoms with E-state index in [1.54, 1.807) is 7.11 Å². The Morgan fingerprint density at radius 3 is 2.35 bits per heavy atom. The van der Waals surface area contributed by atoms with E-state index >= 15 is 0 Å². The Labute approximate surface area is 145 Å². The van der Waals surface area contributed by atoms with E-state index in [9.17, 15) is 4.79 Å². The predicted octanol–water partition coefficient (Wildman–Crippen LogP) is 3.85. The number of benzene rings is 2. The number of amides is 1. The minimum Gasteiger partial charge on any atom is -0.497 e. The maximum atomic E-state index is 12.2. The molecule has 1 aliphatic carbocycles. The normalized spacial score (nSPS) is 15.0. The molecule has 0 atom stereocenters. The van der Waals surface area contributed by atoms with Gasteiger partial charge in [0.05, 0.1) is 13.5 Å². The third-order valence-corrected chi connectivity index (χ3v) is 4.99. The molecule has 1 amide bonds. The van der Waals surface area contributed by atoms with Crippen LogP contribution in [0.5, 0.6) is 5.75 Å². The largest absolute Gasteiger partial charge is 0.497 e. The minimum atomic E-state index is 0.0760. The molecule has 0 heterocycles. The van der Waals surface area contributed by atoms with Crippen LogP contribution in [0.15, 0.2) is 53.0 Å². The maximum Gasteiger partial charge on any atom is 0.224 e. The third-order valence-electron chi connectivity index (χ3n) is 4.46. The summed E-state index contributed by atoms with van der Waals surface area (Å²) in [5.41, 5.74) is 2.42. The van der Waals surface area contributed by atoms with Crippen LogP contribution >= 0.6 is 15.9 Å². The molecule has 120 valence electrons. The van der Waals surface area contributed by atoms with Crippen molar-refractivity contribution in [1.29, 1.82) is 0 Å². The second kappa shape index (κ2) is 6.75. The maximum absolute atomic E-state index is 12.2. The second-order valence-corrected chi connectivity index (χ2v) is 7.00. The molecule has 1 aliphatic rings. The Kier molecular flexibility index (Phi) is 4.71. The monoisotopic (exact) mass is 373 g/mol. The molecule has 1 fully saturated rings. The summed E-state index contributed by atoms with van der Waals surface area (Å²) < 4.78 is 6.23. The van der Waals surface area contributed by atoms with Gasteiger partial charge < -0.3 is 10.1 Å². The average Bonchev–Trinajstić information content (AvgIpc) is 3.36. The van der Waals surface area contributed by atoms with Crippen LogP contribution in [-0.2, 0) is 16.6 Å². The molecule has 2 aromatic carbocycles.